The van der Waals surface area contributed by atoms with Crippen molar-refractivity contribution in [2.75, 3.05) is 0 Å². The van der Waals surface area contributed by atoms with E-state index in [4.69, 9.17) is 0 Å². The summed E-state index contributed by atoms with van der Waals surface area (Å²) in [6.07, 6.45) is 17.4. The fourth-order valence-corrected chi connectivity index (χ4v) is 5.31. The van der Waals surface area contributed by atoms with Crippen LogP contribution in [0.2, 0.25) is 0 Å². The average Bonchev–Trinajstić information content (AvgIpc) is 2.83. The summed E-state index contributed by atoms with van der Waals surface area (Å²) >= 11 is 0. The fraction of sp³-hybridized carbons (Fsp3) is 0.600. The molecule has 1 saturated carbocycles. The first-order chi connectivity index (χ1) is 15.6. The molecule has 0 atom stereocenters. The van der Waals surface area contributed by atoms with Crippen LogP contribution in [0.1, 0.15) is 102 Å². The van der Waals surface area contributed by atoms with Gasteiger partial charge in [0.25, 0.3) is 0 Å². The summed E-state index contributed by atoms with van der Waals surface area (Å²) < 4.78 is 29.6. The smallest absolute Gasteiger partial charge is 0.166 e. The molecule has 0 saturated heterocycles. The molecule has 176 valence electrons. The summed E-state index contributed by atoms with van der Waals surface area (Å²) in [5, 5.41) is 0. The van der Waals surface area contributed by atoms with Gasteiger partial charge in [0.1, 0.15) is 0 Å². The largest absolute Gasteiger partial charge is 0.203 e. The Morgan fingerprint density at radius 3 is 1.97 bits per heavy atom. The average molecular weight is 441 g/mol. The van der Waals surface area contributed by atoms with Gasteiger partial charge in [-0.15, -0.1) is 0 Å². The van der Waals surface area contributed by atoms with Crippen LogP contribution in [0.4, 0.5) is 8.78 Å². The molecule has 1 aliphatic carbocycles. The molecule has 0 N–H and O–H groups in total. The van der Waals surface area contributed by atoms with Crippen LogP contribution < -0.4 is 0 Å². The molecule has 3 rings (SSSR count). The third-order valence-corrected chi connectivity index (χ3v) is 7.59. The Kier molecular flexibility index (Phi) is 10.2. The molecule has 0 unspecified atom stereocenters. The van der Waals surface area contributed by atoms with Crippen LogP contribution in [0.15, 0.2) is 36.4 Å². The number of hydrogen-bond donors (Lipinski definition) is 0. The van der Waals surface area contributed by atoms with Gasteiger partial charge in [0.05, 0.1) is 0 Å². The molecule has 0 bridgehead atoms. The summed E-state index contributed by atoms with van der Waals surface area (Å²) in [4.78, 5) is 0. The predicted molar refractivity (Wildman–Crippen MR) is 133 cm³/mol. The highest BCUT2D eigenvalue weighted by atomic mass is 19.2. The van der Waals surface area contributed by atoms with E-state index in [9.17, 15) is 8.78 Å². The standard InChI is InChI=1S/C30H42F2/c1-3-5-6-7-8-9-10-24-11-13-25(14-12-24)17-20-27-21-22-28(30(32)29(27)31)26-18-15-23(4-2)16-19-26/h15-16,18-19,21-22,24-25H,3-14,17,20H2,1-2H3. The first-order valence-corrected chi connectivity index (χ1v) is 13.2. The second-order valence-corrected chi connectivity index (χ2v) is 9.93. The zero-order chi connectivity index (χ0) is 22.8. The molecule has 0 spiro atoms. The van der Waals surface area contributed by atoms with Crippen molar-refractivity contribution >= 4 is 0 Å². The number of benzene rings is 2. The summed E-state index contributed by atoms with van der Waals surface area (Å²) in [6, 6.07) is 11.3. The Labute approximate surface area is 194 Å². The van der Waals surface area contributed by atoms with Gasteiger partial charge in [-0.05, 0) is 47.8 Å². The number of aryl methyl sites for hydroxylation is 2. The normalized spacial score (nSPS) is 18.8. The summed E-state index contributed by atoms with van der Waals surface area (Å²) in [5.41, 5.74) is 2.84. The van der Waals surface area contributed by atoms with Crippen LogP contribution >= 0.6 is 0 Å². The lowest BCUT2D eigenvalue weighted by Gasteiger charge is -2.28. The van der Waals surface area contributed by atoms with Crippen molar-refractivity contribution in [1.29, 1.82) is 0 Å². The van der Waals surface area contributed by atoms with Crippen LogP contribution in [0, 0.1) is 23.5 Å². The molecule has 0 aliphatic heterocycles. The lowest BCUT2D eigenvalue weighted by molar-refractivity contribution is 0.248. The third kappa shape index (κ3) is 7.15. The van der Waals surface area contributed by atoms with E-state index >= 15 is 0 Å². The zero-order valence-corrected chi connectivity index (χ0v) is 20.3. The maximum absolute atomic E-state index is 14.8. The van der Waals surface area contributed by atoms with Crippen molar-refractivity contribution in [2.24, 2.45) is 11.8 Å². The van der Waals surface area contributed by atoms with E-state index in [1.54, 1.807) is 12.1 Å². The van der Waals surface area contributed by atoms with Gasteiger partial charge in [-0.1, -0.05) is 121 Å². The van der Waals surface area contributed by atoms with Gasteiger partial charge in [0.15, 0.2) is 11.6 Å². The lowest BCUT2D eigenvalue weighted by atomic mass is 9.77. The molecule has 32 heavy (non-hydrogen) atoms. The number of hydrogen-bond acceptors (Lipinski definition) is 0. The Morgan fingerprint density at radius 2 is 1.31 bits per heavy atom. The highest BCUT2D eigenvalue weighted by Crippen LogP contribution is 2.35. The quantitative estimate of drug-likeness (QED) is 0.288. The molecule has 0 radical (unpaired) electrons. The summed E-state index contributed by atoms with van der Waals surface area (Å²) in [5.74, 6) is 0.206. The van der Waals surface area contributed by atoms with Crippen molar-refractivity contribution in [3.8, 4) is 11.1 Å². The molecular weight excluding hydrogens is 398 g/mol. The van der Waals surface area contributed by atoms with Crippen molar-refractivity contribution in [3.05, 3.63) is 59.2 Å². The molecule has 2 heteroatoms. The van der Waals surface area contributed by atoms with E-state index in [1.807, 2.05) is 24.3 Å². The predicted octanol–water partition coefficient (Wildman–Crippen LogP) is 9.68. The van der Waals surface area contributed by atoms with Crippen LogP contribution in [0.5, 0.6) is 0 Å². The zero-order valence-electron chi connectivity index (χ0n) is 20.3. The Bertz CT molecular complexity index is 800. The molecule has 1 aliphatic rings. The molecule has 1 fully saturated rings. The second kappa shape index (κ2) is 13.1. The van der Waals surface area contributed by atoms with E-state index < -0.39 is 11.6 Å². The number of unbranched alkanes of at least 4 members (excludes halogenated alkanes) is 5. The van der Waals surface area contributed by atoms with Crippen molar-refractivity contribution in [3.63, 3.8) is 0 Å². The van der Waals surface area contributed by atoms with Crippen LogP contribution in [-0.4, -0.2) is 0 Å². The fourth-order valence-electron chi connectivity index (χ4n) is 5.31. The maximum Gasteiger partial charge on any atom is 0.166 e. The third-order valence-electron chi connectivity index (χ3n) is 7.59. The van der Waals surface area contributed by atoms with Gasteiger partial charge in [0, 0.05) is 5.56 Å². The topological polar surface area (TPSA) is 0 Å². The highest BCUT2D eigenvalue weighted by molar-refractivity contribution is 5.65. The van der Waals surface area contributed by atoms with Crippen molar-refractivity contribution < 1.29 is 8.78 Å². The molecule has 2 aromatic carbocycles. The SMILES string of the molecule is CCCCCCCCC1CCC(CCc2ccc(-c3ccc(CC)cc3)c(F)c2F)CC1. The van der Waals surface area contributed by atoms with Crippen molar-refractivity contribution in [1.82, 2.24) is 0 Å². The van der Waals surface area contributed by atoms with E-state index in [1.165, 1.54) is 76.2 Å². The monoisotopic (exact) mass is 440 g/mol. The summed E-state index contributed by atoms with van der Waals surface area (Å²) in [7, 11) is 0. The first-order valence-electron chi connectivity index (χ1n) is 13.2. The Morgan fingerprint density at radius 1 is 0.688 bits per heavy atom. The molecule has 2 aromatic rings. The van der Waals surface area contributed by atoms with Crippen LogP contribution in [0.25, 0.3) is 11.1 Å². The van der Waals surface area contributed by atoms with Gasteiger partial charge >= 0.3 is 0 Å². The van der Waals surface area contributed by atoms with E-state index in [-0.39, 0.29) is 0 Å². The van der Waals surface area contributed by atoms with Gasteiger partial charge in [-0.25, -0.2) is 8.78 Å². The Balaban J connectivity index is 1.43. The van der Waals surface area contributed by atoms with E-state index in [0.29, 0.717) is 23.5 Å². The van der Waals surface area contributed by atoms with Gasteiger partial charge in [-0.3, -0.25) is 0 Å². The number of halogens is 2. The maximum atomic E-state index is 14.8. The van der Waals surface area contributed by atoms with E-state index in [0.717, 1.165) is 24.3 Å². The minimum absolute atomic E-state index is 0.365. The first kappa shape index (κ1) is 24.9. The summed E-state index contributed by atoms with van der Waals surface area (Å²) in [6.45, 7) is 4.36. The molecule has 0 heterocycles. The van der Waals surface area contributed by atoms with E-state index in [2.05, 4.69) is 13.8 Å². The lowest BCUT2D eigenvalue weighted by Crippen LogP contribution is -2.15. The second-order valence-electron chi connectivity index (χ2n) is 9.93. The van der Waals surface area contributed by atoms with Crippen molar-refractivity contribution in [2.45, 2.75) is 104 Å². The highest BCUT2D eigenvalue weighted by Gasteiger charge is 2.22. The minimum Gasteiger partial charge on any atom is -0.203 e. The van der Waals surface area contributed by atoms with Gasteiger partial charge in [-0.2, -0.15) is 0 Å². The molecule has 0 aromatic heterocycles. The van der Waals surface area contributed by atoms with Crippen LogP contribution in [-0.2, 0) is 12.8 Å². The van der Waals surface area contributed by atoms with Crippen LogP contribution in [0.3, 0.4) is 0 Å². The minimum atomic E-state index is -0.700. The Hall–Kier alpha value is -1.70. The number of rotatable bonds is 12. The van der Waals surface area contributed by atoms with Gasteiger partial charge in [0.2, 0.25) is 0 Å². The molecule has 0 nitrogen and oxygen atoms in total. The molecular formula is C30H42F2. The van der Waals surface area contributed by atoms with Gasteiger partial charge < -0.3 is 0 Å². The molecule has 0 amide bonds.